The molecule has 3 heteroatoms. The molecule has 2 aliphatic rings. The summed E-state index contributed by atoms with van der Waals surface area (Å²) >= 11 is 0. The summed E-state index contributed by atoms with van der Waals surface area (Å²) in [6.07, 6.45) is 3.43. The van der Waals surface area contributed by atoms with Crippen molar-refractivity contribution in [3.8, 4) is 0 Å². The van der Waals surface area contributed by atoms with Crippen LogP contribution in [0, 0.1) is 11.8 Å². The fourth-order valence-corrected chi connectivity index (χ4v) is 2.21. The Morgan fingerprint density at radius 1 is 1.50 bits per heavy atom. The first-order valence-corrected chi connectivity index (χ1v) is 5.64. The van der Waals surface area contributed by atoms with E-state index in [0.29, 0.717) is 17.9 Å². The summed E-state index contributed by atoms with van der Waals surface area (Å²) in [7, 11) is 2.16. The van der Waals surface area contributed by atoms with Crippen LogP contribution in [-0.4, -0.2) is 37.0 Å². The zero-order chi connectivity index (χ0) is 10.1. The molecule has 80 valence electrons. The smallest absolute Gasteiger partial charge is 0.223 e. The molecule has 0 aromatic rings. The van der Waals surface area contributed by atoms with Gasteiger partial charge in [0.2, 0.25) is 5.91 Å². The molecule has 1 aliphatic heterocycles. The topological polar surface area (TPSA) is 32.3 Å². The molecular formula is C11H20N2O. The van der Waals surface area contributed by atoms with Crippen molar-refractivity contribution in [2.24, 2.45) is 11.8 Å². The molecule has 1 saturated heterocycles. The van der Waals surface area contributed by atoms with Gasteiger partial charge in [0, 0.05) is 25.0 Å². The van der Waals surface area contributed by atoms with Gasteiger partial charge >= 0.3 is 0 Å². The maximum absolute atomic E-state index is 11.4. The van der Waals surface area contributed by atoms with Crippen molar-refractivity contribution in [1.29, 1.82) is 0 Å². The SMILES string of the molecule is CC1CC(CNC(=O)C2CC2)CN1C. The standard InChI is InChI=1S/C11H20N2O/c1-8-5-9(7-13(8)2)6-12-11(14)10-3-4-10/h8-10H,3-7H2,1-2H3,(H,12,14). The molecule has 0 aromatic carbocycles. The maximum atomic E-state index is 11.4. The molecule has 3 nitrogen and oxygen atoms in total. The van der Waals surface area contributed by atoms with Crippen LogP contribution in [0.2, 0.25) is 0 Å². The van der Waals surface area contributed by atoms with Gasteiger partial charge in [0.25, 0.3) is 0 Å². The lowest BCUT2D eigenvalue weighted by molar-refractivity contribution is -0.122. The van der Waals surface area contributed by atoms with Gasteiger partial charge < -0.3 is 10.2 Å². The number of hydrogen-bond donors (Lipinski definition) is 1. The lowest BCUT2D eigenvalue weighted by Crippen LogP contribution is -2.31. The molecule has 2 atom stereocenters. The number of amides is 1. The minimum Gasteiger partial charge on any atom is -0.356 e. The summed E-state index contributed by atoms with van der Waals surface area (Å²) in [5.41, 5.74) is 0. The van der Waals surface area contributed by atoms with E-state index in [1.807, 2.05) is 0 Å². The summed E-state index contributed by atoms with van der Waals surface area (Å²) in [4.78, 5) is 13.8. The maximum Gasteiger partial charge on any atom is 0.223 e. The molecule has 0 spiro atoms. The molecule has 1 heterocycles. The van der Waals surface area contributed by atoms with Gasteiger partial charge in [-0.05, 0) is 39.2 Å². The lowest BCUT2D eigenvalue weighted by atomic mass is 10.1. The van der Waals surface area contributed by atoms with Crippen LogP contribution in [0.25, 0.3) is 0 Å². The highest BCUT2D eigenvalue weighted by Crippen LogP contribution is 2.29. The first kappa shape index (κ1) is 9.97. The van der Waals surface area contributed by atoms with E-state index in [2.05, 4.69) is 24.2 Å². The van der Waals surface area contributed by atoms with Crippen LogP contribution in [0.1, 0.15) is 26.2 Å². The van der Waals surface area contributed by atoms with Crippen LogP contribution in [0.3, 0.4) is 0 Å². The predicted octanol–water partition coefficient (Wildman–Crippen LogP) is 0.853. The molecule has 0 bridgehead atoms. The van der Waals surface area contributed by atoms with Crippen molar-refractivity contribution < 1.29 is 4.79 Å². The zero-order valence-corrected chi connectivity index (χ0v) is 9.12. The summed E-state index contributed by atoms with van der Waals surface area (Å²) in [6, 6.07) is 0.679. The van der Waals surface area contributed by atoms with Crippen LogP contribution in [0.5, 0.6) is 0 Å². The molecule has 1 saturated carbocycles. The number of nitrogens with zero attached hydrogens (tertiary/aromatic N) is 1. The highest BCUT2D eigenvalue weighted by molar-refractivity contribution is 5.80. The first-order chi connectivity index (χ1) is 6.66. The van der Waals surface area contributed by atoms with Crippen molar-refractivity contribution in [3.05, 3.63) is 0 Å². The molecule has 14 heavy (non-hydrogen) atoms. The van der Waals surface area contributed by atoms with Gasteiger partial charge in [0.1, 0.15) is 0 Å². The summed E-state index contributed by atoms with van der Waals surface area (Å²) in [6.45, 7) is 4.26. The van der Waals surface area contributed by atoms with Gasteiger partial charge in [0.15, 0.2) is 0 Å². The molecule has 0 radical (unpaired) electrons. The summed E-state index contributed by atoms with van der Waals surface area (Å²) < 4.78 is 0. The highest BCUT2D eigenvalue weighted by Gasteiger charge is 2.31. The second-order valence-corrected chi connectivity index (χ2v) is 4.91. The Labute approximate surface area is 85.8 Å². The highest BCUT2D eigenvalue weighted by atomic mass is 16.2. The van der Waals surface area contributed by atoms with Crippen LogP contribution >= 0.6 is 0 Å². The number of likely N-dealkylation sites (tertiary alicyclic amines) is 1. The van der Waals surface area contributed by atoms with E-state index in [1.165, 1.54) is 6.42 Å². The van der Waals surface area contributed by atoms with Gasteiger partial charge in [-0.1, -0.05) is 0 Å². The number of carbonyl (C=O) groups is 1. The van der Waals surface area contributed by atoms with E-state index in [4.69, 9.17) is 0 Å². The van der Waals surface area contributed by atoms with Gasteiger partial charge in [-0.25, -0.2) is 0 Å². The molecule has 1 N–H and O–H groups in total. The third-order valence-electron chi connectivity index (χ3n) is 3.49. The summed E-state index contributed by atoms with van der Waals surface area (Å²) in [5.74, 6) is 1.30. The van der Waals surface area contributed by atoms with E-state index < -0.39 is 0 Å². The molecule has 2 unspecified atom stereocenters. The van der Waals surface area contributed by atoms with Crippen molar-refractivity contribution in [3.63, 3.8) is 0 Å². The number of carbonyl (C=O) groups excluding carboxylic acids is 1. The Kier molecular flexibility index (Phi) is 2.77. The second-order valence-electron chi connectivity index (χ2n) is 4.91. The lowest BCUT2D eigenvalue weighted by Gasteiger charge is -2.12. The Bertz CT molecular complexity index is 215. The van der Waals surface area contributed by atoms with E-state index in [-0.39, 0.29) is 5.91 Å². The third-order valence-corrected chi connectivity index (χ3v) is 3.49. The normalized spacial score (nSPS) is 33.3. The first-order valence-electron chi connectivity index (χ1n) is 5.64. The van der Waals surface area contributed by atoms with Gasteiger partial charge in [0.05, 0.1) is 0 Å². The number of nitrogens with one attached hydrogen (secondary N) is 1. The van der Waals surface area contributed by atoms with Gasteiger partial charge in [-0.15, -0.1) is 0 Å². The zero-order valence-electron chi connectivity index (χ0n) is 9.12. The van der Waals surface area contributed by atoms with E-state index >= 15 is 0 Å². The molecule has 1 amide bonds. The van der Waals surface area contributed by atoms with E-state index in [9.17, 15) is 4.79 Å². The van der Waals surface area contributed by atoms with Crippen molar-refractivity contribution in [2.45, 2.75) is 32.2 Å². The quantitative estimate of drug-likeness (QED) is 0.726. The predicted molar refractivity (Wildman–Crippen MR) is 55.9 cm³/mol. The molecule has 1 aliphatic carbocycles. The molecular weight excluding hydrogens is 176 g/mol. The number of hydrogen-bond acceptors (Lipinski definition) is 2. The molecule has 2 fully saturated rings. The Morgan fingerprint density at radius 2 is 2.21 bits per heavy atom. The number of rotatable bonds is 3. The second kappa shape index (κ2) is 3.89. The average molecular weight is 196 g/mol. The van der Waals surface area contributed by atoms with Crippen LogP contribution in [0.4, 0.5) is 0 Å². The van der Waals surface area contributed by atoms with Gasteiger partial charge in [-0.2, -0.15) is 0 Å². The van der Waals surface area contributed by atoms with Gasteiger partial charge in [-0.3, -0.25) is 4.79 Å². The Morgan fingerprint density at radius 3 is 2.71 bits per heavy atom. The fraction of sp³-hybridized carbons (Fsp3) is 0.909. The fourth-order valence-electron chi connectivity index (χ4n) is 2.21. The van der Waals surface area contributed by atoms with Crippen molar-refractivity contribution in [2.75, 3.05) is 20.1 Å². The van der Waals surface area contributed by atoms with Crippen molar-refractivity contribution in [1.82, 2.24) is 10.2 Å². The average Bonchev–Trinajstić information content (AvgIpc) is 2.92. The minimum absolute atomic E-state index is 0.284. The van der Waals surface area contributed by atoms with Crippen molar-refractivity contribution >= 4 is 5.91 Å². The van der Waals surface area contributed by atoms with Crippen LogP contribution in [-0.2, 0) is 4.79 Å². The van der Waals surface area contributed by atoms with Crippen LogP contribution in [0.15, 0.2) is 0 Å². The largest absolute Gasteiger partial charge is 0.356 e. The molecule has 2 rings (SSSR count). The monoisotopic (exact) mass is 196 g/mol. The van der Waals surface area contributed by atoms with Crippen LogP contribution < -0.4 is 5.32 Å². The van der Waals surface area contributed by atoms with E-state index in [1.54, 1.807) is 0 Å². The molecule has 0 aromatic heterocycles. The Balaban J connectivity index is 1.68. The van der Waals surface area contributed by atoms with E-state index in [0.717, 1.165) is 25.9 Å². The Hall–Kier alpha value is -0.570. The minimum atomic E-state index is 0.284. The third kappa shape index (κ3) is 2.27. The summed E-state index contributed by atoms with van der Waals surface area (Å²) in [5, 5.41) is 3.06.